The minimum Gasteiger partial charge on any atom is -0.435 e. The zero-order valence-electron chi connectivity index (χ0n) is 26.4. The predicted octanol–water partition coefficient (Wildman–Crippen LogP) is 7.63. The number of pyridine rings is 1. The number of hydrogen-bond acceptors (Lipinski definition) is 8. The molecule has 4 heterocycles. The van der Waals surface area contributed by atoms with Crippen molar-refractivity contribution in [3.63, 3.8) is 0 Å². The number of carbonyl (C=O) groups is 1. The van der Waals surface area contributed by atoms with Gasteiger partial charge in [0.25, 0.3) is 5.91 Å². The van der Waals surface area contributed by atoms with Gasteiger partial charge in [-0.05, 0) is 67.1 Å². The minimum atomic E-state index is -0.321. The number of anilines is 2. The number of benzene rings is 3. The Hall–Kier alpha value is -5.21. The molecule has 12 heteroatoms. The Labute approximate surface area is 287 Å². The van der Waals surface area contributed by atoms with Gasteiger partial charge in [0, 0.05) is 61.8 Å². The summed E-state index contributed by atoms with van der Waals surface area (Å²) >= 11 is 13.0. The number of fused-ring (bicyclic) bond motifs is 2. The van der Waals surface area contributed by atoms with Crippen LogP contribution in [0.5, 0.6) is 0 Å². The van der Waals surface area contributed by atoms with E-state index >= 15 is 0 Å². The molecule has 2 N–H and O–H groups in total. The topological polar surface area (TPSA) is 125 Å². The zero-order valence-corrected chi connectivity index (χ0v) is 27.9. The van der Waals surface area contributed by atoms with E-state index in [9.17, 15) is 10.1 Å². The van der Waals surface area contributed by atoms with Crippen LogP contribution >= 0.6 is 23.2 Å². The second kappa shape index (κ2) is 12.8. The third-order valence-electron chi connectivity index (χ3n) is 8.64. The molecule has 1 aliphatic rings. The Balaban J connectivity index is 1.18. The maximum atomic E-state index is 13.4. The van der Waals surface area contributed by atoms with Crippen molar-refractivity contribution >= 4 is 51.6 Å². The summed E-state index contributed by atoms with van der Waals surface area (Å²) in [5.41, 5.74) is 8.77. The maximum Gasteiger partial charge on any atom is 0.291 e. The van der Waals surface area contributed by atoms with Crippen LogP contribution in [0.2, 0.25) is 10.2 Å². The Morgan fingerprint density at radius 1 is 1.04 bits per heavy atom. The molecule has 0 aliphatic carbocycles. The van der Waals surface area contributed by atoms with Gasteiger partial charge in [-0.1, -0.05) is 47.5 Å². The van der Waals surface area contributed by atoms with Crippen molar-refractivity contribution in [2.24, 2.45) is 7.05 Å². The van der Waals surface area contributed by atoms with Crippen LogP contribution in [0.4, 0.5) is 11.4 Å². The van der Waals surface area contributed by atoms with Crippen molar-refractivity contribution in [2.45, 2.75) is 26.4 Å². The van der Waals surface area contributed by atoms with E-state index in [0.717, 1.165) is 57.9 Å². The lowest BCUT2D eigenvalue weighted by atomic mass is 9.96. The number of oxazole rings is 1. The number of carbonyl (C=O) groups excluding carboxylic acids is 1. The number of likely N-dealkylation sites (N-methyl/N-ethyl adjacent to an activating group) is 1. The molecule has 6 aromatic rings. The average Bonchev–Trinajstić information content (AvgIpc) is 3.65. The van der Waals surface area contributed by atoms with Gasteiger partial charge in [0.15, 0.2) is 11.4 Å². The van der Waals surface area contributed by atoms with Crippen molar-refractivity contribution in [1.29, 1.82) is 5.26 Å². The second-order valence-electron chi connectivity index (χ2n) is 11.8. The Morgan fingerprint density at radius 2 is 1.83 bits per heavy atom. The van der Waals surface area contributed by atoms with E-state index in [1.54, 1.807) is 24.4 Å². The van der Waals surface area contributed by atoms with E-state index in [1.807, 2.05) is 68.1 Å². The number of halogens is 2. The summed E-state index contributed by atoms with van der Waals surface area (Å²) in [6.45, 7) is 4.05. The van der Waals surface area contributed by atoms with E-state index in [0.29, 0.717) is 57.3 Å². The van der Waals surface area contributed by atoms with E-state index in [4.69, 9.17) is 32.6 Å². The van der Waals surface area contributed by atoms with Crippen LogP contribution in [0.3, 0.4) is 0 Å². The number of rotatable bonds is 7. The molecule has 0 radical (unpaired) electrons. The SMILES string of the molecule is Cc1c(-c2nc3cc(CNc4ccnc(Cl)c4)cc(C#N)c3o2)cccc1-c1cccc(NC(=O)c2nc3c(n2C)CCN(C)C3)c1Cl. The Morgan fingerprint density at radius 3 is 2.65 bits per heavy atom. The maximum absolute atomic E-state index is 13.4. The number of nitrogens with zero attached hydrogens (tertiary/aromatic N) is 6. The van der Waals surface area contributed by atoms with Gasteiger partial charge in [-0.2, -0.15) is 5.26 Å². The van der Waals surface area contributed by atoms with Crippen molar-refractivity contribution in [3.05, 3.63) is 111 Å². The Kier molecular flexibility index (Phi) is 8.35. The lowest BCUT2D eigenvalue weighted by Gasteiger charge is -2.21. The van der Waals surface area contributed by atoms with Crippen molar-refractivity contribution in [1.82, 2.24) is 24.4 Å². The number of imidazole rings is 1. The Bertz CT molecular complexity index is 2270. The third kappa shape index (κ3) is 5.88. The molecule has 48 heavy (non-hydrogen) atoms. The molecule has 1 amide bonds. The zero-order chi connectivity index (χ0) is 33.5. The molecule has 7 rings (SSSR count). The van der Waals surface area contributed by atoms with Crippen molar-refractivity contribution < 1.29 is 9.21 Å². The van der Waals surface area contributed by atoms with E-state index in [-0.39, 0.29) is 5.91 Å². The molecule has 0 bridgehead atoms. The first-order chi connectivity index (χ1) is 23.2. The summed E-state index contributed by atoms with van der Waals surface area (Å²) in [4.78, 5) is 29.0. The molecule has 240 valence electrons. The fourth-order valence-electron chi connectivity index (χ4n) is 6.14. The molecule has 3 aromatic carbocycles. The molecule has 3 aromatic heterocycles. The number of nitriles is 1. The summed E-state index contributed by atoms with van der Waals surface area (Å²) < 4.78 is 8.08. The molecule has 0 saturated heterocycles. The molecular formula is C36H30Cl2N8O2. The second-order valence-corrected chi connectivity index (χ2v) is 12.6. The van der Waals surface area contributed by atoms with E-state index in [1.165, 1.54) is 0 Å². The minimum absolute atomic E-state index is 0.321. The fraction of sp³-hybridized carbons (Fsp3) is 0.194. The number of hydrogen-bond donors (Lipinski definition) is 2. The van der Waals surface area contributed by atoms with Crippen LogP contribution in [0, 0.1) is 18.3 Å². The van der Waals surface area contributed by atoms with Crippen molar-refractivity contribution in [2.75, 3.05) is 24.2 Å². The molecule has 1 aliphatic heterocycles. The number of nitrogens with one attached hydrogen (secondary N) is 2. The van der Waals surface area contributed by atoms with Gasteiger partial charge >= 0.3 is 0 Å². The third-order valence-corrected chi connectivity index (χ3v) is 9.26. The average molecular weight is 678 g/mol. The first-order valence-electron chi connectivity index (χ1n) is 15.3. The first kappa shape index (κ1) is 31.4. The van der Waals surface area contributed by atoms with Crippen LogP contribution in [0.15, 0.2) is 71.3 Å². The van der Waals surface area contributed by atoms with E-state index < -0.39 is 0 Å². The van der Waals surface area contributed by atoms with Gasteiger partial charge in [-0.3, -0.25) is 4.79 Å². The molecule has 0 spiro atoms. The standard InChI is InChI=1S/C36H30Cl2N8O2/c1-20-24(26-8-5-9-27(32(26)38)43-35(47)34-42-29-19-45(2)13-11-30(29)46(34)3)6-4-7-25(20)36-44-28-15-21(14-22(17-39)33(28)48-36)18-41-23-10-12-40-31(37)16-23/h4-10,12,14-16H,11,13,18-19H2,1-3H3,(H,40,41)(H,43,47). The normalized spacial score (nSPS) is 12.9. The van der Waals surface area contributed by atoms with Gasteiger partial charge < -0.3 is 24.5 Å². The summed E-state index contributed by atoms with van der Waals surface area (Å²) in [6, 6.07) is 20.8. The summed E-state index contributed by atoms with van der Waals surface area (Å²) in [7, 11) is 3.92. The summed E-state index contributed by atoms with van der Waals surface area (Å²) in [5, 5.41) is 17.0. The van der Waals surface area contributed by atoms with E-state index in [2.05, 4.69) is 31.6 Å². The van der Waals surface area contributed by atoms with Gasteiger partial charge in [0.1, 0.15) is 16.7 Å². The molecule has 0 atom stereocenters. The van der Waals surface area contributed by atoms with Crippen LogP contribution in [-0.4, -0.2) is 43.9 Å². The lowest BCUT2D eigenvalue weighted by Crippen LogP contribution is -2.27. The van der Waals surface area contributed by atoms with Crippen LogP contribution in [-0.2, 0) is 26.6 Å². The highest BCUT2D eigenvalue weighted by molar-refractivity contribution is 6.36. The summed E-state index contributed by atoms with van der Waals surface area (Å²) in [6.07, 6.45) is 2.47. The summed E-state index contributed by atoms with van der Waals surface area (Å²) in [5.74, 6) is 0.415. The van der Waals surface area contributed by atoms with Crippen LogP contribution < -0.4 is 10.6 Å². The molecular weight excluding hydrogens is 647 g/mol. The monoisotopic (exact) mass is 676 g/mol. The molecule has 0 fully saturated rings. The highest BCUT2D eigenvalue weighted by atomic mass is 35.5. The van der Waals surface area contributed by atoms with Crippen LogP contribution in [0.1, 0.15) is 38.7 Å². The lowest BCUT2D eigenvalue weighted by molar-refractivity contribution is 0.101. The predicted molar refractivity (Wildman–Crippen MR) is 187 cm³/mol. The molecule has 10 nitrogen and oxygen atoms in total. The molecule has 0 saturated carbocycles. The molecule has 0 unspecified atom stereocenters. The van der Waals surface area contributed by atoms with Gasteiger partial charge in [0.2, 0.25) is 5.89 Å². The highest BCUT2D eigenvalue weighted by Crippen LogP contribution is 2.39. The first-order valence-corrected chi connectivity index (χ1v) is 16.1. The highest BCUT2D eigenvalue weighted by Gasteiger charge is 2.25. The van der Waals surface area contributed by atoms with Crippen LogP contribution in [0.25, 0.3) is 33.7 Å². The quantitative estimate of drug-likeness (QED) is 0.165. The van der Waals surface area contributed by atoms with Gasteiger partial charge in [-0.25, -0.2) is 15.0 Å². The number of aromatic nitrogens is 4. The van der Waals surface area contributed by atoms with Gasteiger partial charge in [0.05, 0.1) is 22.0 Å². The number of amides is 1. The van der Waals surface area contributed by atoms with Gasteiger partial charge in [-0.15, -0.1) is 0 Å². The van der Waals surface area contributed by atoms with Crippen molar-refractivity contribution in [3.8, 4) is 28.7 Å². The fourth-order valence-corrected chi connectivity index (χ4v) is 6.59. The smallest absolute Gasteiger partial charge is 0.291 e. The largest absolute Gasteiger partial charge is 0.435 e.